The van der Waals surface area contributed by atoms with Crippen molar-refractivity contribution in [3.8, 4) is 5.75 Å². The first kappa shape index (κ1) is 23.8. The van der Waals surface area contributed by atoms with E-state index in [1.165, 1.54) is 5.56 Å². The molecule has 1 fully saturated rings. The van der Waals surface area contributed by atoms with E-state index in [0.29, 0.717) is 19.5 Å². The Morgan fingerprint density at radius 2 is 1.74 bits per heavy atom. The van der Waals surface area contributed by atoms with Gasteiger partial charge in [-0.05, 0) is 42.0 Å². The maximum absolute atomic E-state index is 12.1. The lowest BCUT2D eigenvalue weighted by Crippen LogP contribution is -2.42. The average Bonchev–Trinajstić information content (AvgIpc) is 3.06. The van der Waals surface area contributed by atoms with E-state index in [1.54, 1.807) is 0 Å². The third kappa shape index (κ3) is 7.06. The highest BCUT2D eigenvalue weighted by molar-refractivity contribution is 7.91. The van der Waals surface area contributed by atoms with Gasteiger partial charge in [0.2, 0.25) is 0 Å². The van der Waals surface area contributed by atoms with Crippen LogP contribution in [0.5, 0.6) is 5.75 Å². The lowest BCUT2D eigenvalue weighted by molar-refractivity contribution is 0.0525. The van der Waals surface area contributed by atoms with Gasteiger partial charge < -0.3 is 9.84 Å². The summed E-state index contributed by atoms with van der Waals surface area (Å²) >= 11 is 0. The van der Waals surface area contributed by atoms with Crippen molar-refractivity contribution in [2.45, 2.75) is 58.2 Å². The molecule has 0 bridgehead atoms. The number of hydrogen-bond acceptors (Lipinski definition) is 5. The van der Waals surface area contributed by atoms with Crippen LogP contribution in [0.15, 0.2) is 48.5 Å². The zero-order valence-electron chi connectivity index (χ0n) is 19.0. The third-order valence-electron chi connectivity index (χ3n) is 5.84. The molecule has 0 radical (unpaired) electrons. The Bertz CT molecular complexity index is 947. The fourth-order valence-corrected chi connectivity index (χ4v) is 5.66. The molecule has 0 amide bonds. The van der Waals surface area contributed by atoms with Crippen LogP contribution >= 0.6 is 0 Å². The van der Waals surface area contributed by atoms with Gasteiger partial charge in [-0.3, -0.25) is 4.90 Å². The number of sulfone groups is 1. The Labute approximate surface area is 187 Å². The highest BCUT2D eigenvalue weighted by atomic mass is 32.2. The van der Waals surface area contributed by atoms with Crippen molar-refractivity contribution in [2.24, 2.45) is 0 Å². The van der Waals surface area contributed by atoms with Gasteiger partial charge >= 0.3 is 0 Å². The van der Waals surface area contributed by atoms with Gasteiger partial charge in [0.25, 0.3) is 0 Å². The fraction of sp³-hybridized carbons (Fsp3) is 0.520. The van der Waals surface area contributed by atoms with Crippen molar-refractivity contribution in [3.63, 3.8) is 0 Å². The van der Waals surface area contributed by atoms with Crippen molar-refractivity contribution in [1.82, 2.24) is 4.90 Å². The topological polar surface area (TPSA) is 66.8 Å². The number of aliphatic hydroxyl groups is 1. The highest BCUT2D eigenvalue weighted by Crippen LogP contribution is 2.24. The minimum atomic E-state index is -3.01. The van der Waals surface area contributed by atoms with Crippen molar-refractivity contribution >= 4 is 9.84 Å². The van der Waals surface area contributed by atoms with E-state index in [9.17, 15) is 13.5 Å². The Hall–Kier alpha value is -1.89. The standard InChI is InChI=1S/C25H35NO4S/c1-19-5-11-24(12-6-19)30-17-23(27)16-26(22-13-14-31(28,29)18-22)15-20-7-9-21(10-8-20)25(2,3)4/h5-12,22-23,27H,13-18H2,1-4H3. The van der Waals surface area contributed by atoms with Crippen molar-refractivity contribution in [3.05, 3.63) is 65.2 Å². The van der Waals surface area contributed by atoms with Crippen molar-refractivity contribution in [2.75, 3.05) is 24.7 Å². The second-order valence-electron chi connectivity index (χ2n) is 9.71. The summed E-state index contributed by atoms with van der Waals surface area (Å²) in [6, 6.07) is 16.1. The van der Waals surface area contributed by atoms with Gasteiger partial charge in [0.15, 0.2) is 9.84 Å². The molecule has 1 aliphatic heterocycles. The fourth-order valence-electron chi connectivity index (χ4n) is 3.90. The molecular formula is C25H35NO4S. The summed E-state index contributed by atoms with van der Waals surface area (Å²) in [6.07, 6.45) is -0.105. The number of benzene rings is 2. The first-order valence-electron chi connectivity index (χ1n) is 10.9. The summed E-state index contributed by atoms with van der Waals surface area (Å²) in [5.41, 5.74) is 3.61. The van der Waals surface area contributed by atoms with Crippen molar-refractivity contribution < 1.29 is 18.3 Å². The smallest absolute Gasteiger partial charge is 0.151 e. The molecule has 170 valence electrons. The molecular weight excluding hydrogens is 410 g/mol. The molecule has 31 heavy (non-hydrogen) atoms. The van der Waals surface area contributed by atoms with Crippen LogP contribution in [0.1, 0.15) is 43.9 Å². The minimum Gasteiger partial charge on any atom is -0.491 e. The molecule has 1 heterocycles. The maximum atomic E-state index is 12.1. The number of ether oxygens (including phenoxy) is 1. The van der Waals surface area contributed by atoms with E-state index in [0.717, 1.165) is 16.9 Å². The second kappa shape index (κ2) is 9.72. The number of nitrogens with zero attached hydrogens (tertiary/aromatic N) is 1. The summed E-state index contributed by atoms with van der Waals surface area (Å²) in [5.74, 6) is 1.09. The van der Waals surface area contributed by atoms with Gasteiger partial charge in [-0.25, -0.2) is 8.42 Å². The van der Waals surface area contributed by atoms with Crippen LogP contribution in [0.3, 0.4) is 0 Å². The van der Waals surface area contributed by atoms with Gasteiger partial charge in [-0.2, -0.15) is 0 Å². The Morgan fingerprint density at radius 3 is 2.29 bits per heavy atom. The molecule has 1 N–H and O–H groups in total. The summed E-state index contributed by atoms with van der Waals surface area (Å²) in [6.45, 7) is 9.70. The normalized spacial score (nSPS) is 19.5. The first-order chi connectivity index (χ1) is 14.5. The average molecular weight is 446 g/mol. The highest BCUT2D eigenvalue weighted by Gasteiger charge is 2.33. The minimum absolute atomic E-state index is 0.0821. The predicted octanol–water partition coefficient (Wildman–Crippen LogP) is 3.72. The summed E-state index contributed by atoms with van der Waals surface area (Å²) in [7, 11) is -3.01. The number of rotatable bonds is 8. The van der Waals surface area contributed by atoms with E-state index in [2.05, 4.69) is 49.9 Å². The molecule has 0 spiro atoms. The number of aryl methyl sites for hydroxylation is 1. The molecule has 1 aliphatic rings. The summed E-state index contributed by atoms with van der Waals surface area (Å²) < 4.78 is 29.9. The Kier molecular flexibility index (Phi) is 7.45. The van der Waals surface area contributed by atoms with Crippen LogP contribution in [0.25, 0.3) is 0 Å². The Morgan fingerprint density at radius 1 is 1.10 bits per heavy atom. The van der Waals surface area contributed by atoms with Crippen LogP contribution in [0.2, 0.25) is 0 Å². The molecule has 5 nitrogen and oxygen atoms in total. The summed E-state index contributed by atoms with van der Waals surface area (Å²) in [5, 5.41) is 10.6. The third-order valence-corrected chi connectivity index (χ3v) is 7.59. The summed E-state index contributed by atoms with van der Waals surface area (Å²) in [4.78, 5) is 2.10. The molecule has 0 saturated carbocycles. The molecule has 6 heteroatoms. The zero-order chi connectivity index (χ0) is 22.6. The maximum Gasteiger partial charge on any atom is 0.151 e. The van der Waals surface area contributed by atoms with E-state index in [-0.39, 0.29) is 29.6 Å². The van der Waals surface area contributed by atoms with Crippen LogP contribution in [-0.4, -0.2) is 55.2 Å². The van der Waals surface area contributed by atoms with Gasteiger partial charge in [-0.15, -0.1) is 0 Å². The zero-order valence-corrected chi connectivity index (χ0v) is 19.9. The number of hydrogen-bond donors (Lipinski definition) is 1. The Balaban J connectivity index is 1.66. The predicted molar refractivity (Wildman–Crippen MR) is 125 cm³/mol. The van der Waals surface area contributed by atoms with Crippen LogP contribution in [0, 0.1) is 6.92 Å². The van der Waals surface area contributed by atoms with Crippen molar-refractivity contribution in [1.29, 1.82) is 0 Å². The SMILES string of the molecule is Cc1ccc(OCC(O)CN(Cc2ccc(C(C)(C)C)cc2)C2CCS(=O)(=O)C2)cc1. The van der Waals surface area contributed by atoms with Gasteiger partial charge in [0, 0.05) is 19.1 Å². The molecule has 2 aromatic carbocycles. The second-order valence-corrected chi connectivity index (χ2v) is 11.9. The van der Waals surface area contributed by atoms with Crippen LogP contribution in [-0.2, 0) is 21.8 Å². The monoisotopic (exact) mass is 445 g/mol. The largest absolute Gasteiger partial charge is 0.491 e. The molecule has 2 atom stereocenters. The van der Waals surface area contributed by atoms with E-state index in [1.807, 2.05) is 31.2 Å². The number of aliphatic hydroxyl groups excluding tert-OH is 1. The molecule has 1 saturated heterocycles. The first-order valence-corrected chi connectivity index (χ1v) is 12.8. The molecule has 0 aliphatic carbocycles. The van der Waals surface area contributed by atoms with Gasteiger partial charge in [-0.1, -0.05) is 62.7 Å². The molecule has 3 rings (SSSR count). The molecule has 2 aromatic rings. The van der Waals surface area contributed by atoms with E-state index in [4.69, 9.17) is 4.74 Å². The molecule has 0 aromatic heterocycles. The van der Waals surface area contributed by atoms with Crippen LogP contribution in [0.4, 0.5) is 0 Å². The van der Waals surface area contributed by atoms with Crippen LogP contribution < -0.4 is 4.74 Å². The lowest BCUT2D eigenvalue weighted by Gasteiger charge is -2.30. The van der Waals surface area contributed by atoms with Gasteiger partial charge in [0.05, 0.1) is 11.5 Å². The van der Waals surface area contributed by atoms with E-state index < -0.39 is 15.9 Å². The quantitative estimate of drug-likeness (QED) is 0.671. The lowest BCUT2D eigenvalue weighted by atomic mass is 9.86. The van der Waals surface area contributed by atoms with Gasteiger partial charge in [0.1, 0.15) is 18.5 Å². The van der Waals surface area contributed by atoms with E-state index >= 15 is 0 Å². The molecule has 2 unspecified atom stereocenters.